The summed E-state index contributed by atoms with van der Waals surface area (Å²) in [6, 6.07) is 0. The van der Waals surface area contributed by atoms with Crippen molar-refractivity contribution in [1.82, 2.24) is 0 Å². The Morgan fingerprint density at radius 2 is 1.45 bits per heavy atom. The van der Waals surface area contributed by atoms with Crippen LogP contribution in [0.5, 0.6) is 0 Å². The third-order valence-electron chi connectivity index (χ3n) is 4.91. The second-order valence-electron chi connectivity index (χ2n) is 8.55. The molecule has 1 aliphatic carbocycles. The van der Waals surface area contributed by atoms with Crippen molar-refractivity contribution in [2.75, 3.05) is 7.11 Å². The van der Waals surface area contributed by atoms with E-state index in [-0.39, 0.29) is 34.7 Å². The van der Waals surface area contributed by atoms with Gasteiger partial charge < -0.3 is 9.84 Å². The van der Waals surface area contributed by atoms with Gasteiger partial charge in [-0.1, -0.05) is 41.5 Å². The van der Waals surface area contributed by atoms with E-state index in [9.17, 15) is 9.90 Å². The Hall–Kier alpha value is -0.570. The summed E-state index contributed by atoms with van der Waals surface area (Å²) < 4.78 is 4.82. The molecule has 0 radical (unpaired) electrons. The van der Waals surface area contributed by atoms with Crippen LogP contribution in [0.4, 0.5) is 0 Å². The topological polar surface area (TPSA) is 46.5 Å². The predicted octanol–water partition coefficient (Wildman–Crippen LogP) is 3.65. The molecule has 20 heavy (non-hydrogen) atoms. The van der Waals surface area contributed by atoms with E-state index < -0.39 is 0 Å². The van der Waals surface area contributed by atoms with E-state index in [2.05, 4.69) is 41.5 Å². The van der Waals surface area contributed by atoms with Crippen molar-refractivity contribution >= 4 is 5.97 Å². The van der Waals surface area contributed by atoms with Gasteiger partial charge >= 0.3 is 5.97 Å². The lowest BCUT2D eigenvalue weighted by Crippen LogP contribution is -2.48. The highest BCUT2D eigenvalue weighted by molar-refractivity contribution is 5.69. The minimum Gasteiger partial charge on any atom is -0.469 e. The Balaban J connectivity index is 2.95. The Morgan fingerprint density at radius 3 is 1.75 bits per heavy atom. The number of aliphatic hydroxyl groups excluding tert-OH is 1. The fourth-order valence-corrected chi connectivity index (χ4v) is 3.59. The Bertz CT molecular complexity index is 311. The third-order valence-corrected chi connectivity index (χ3v) is 4.91. The highest BCUT2D eigenvalue weighted by Gasteiger charge is 2.46. The quantitative estimate of drug-likeness (QED) is 0.787. The second-order valence-corrected chi connectivity index (χ2v) is 8.55. The molecule has 1 fully saturated rings. The molecule has 1 N–H and O–H groups in total. The van der Waals surface area contributed by atoms with Gasteiger partial charge in [0, 0.05) is 6.42 Å². The molecular weight excluding hydrogens is 252 g/mol. The minimum atomic E-state index is -0.288. The van der Waals surface area contributed by atoms with Crippen LogP contribution in [0.15, 0.2) is 0 Å². The maximum Gasteiger partial charge on any atom is 0.305 e. The molecule has 0 spiro atoms. The molecule has 0 amide bonds. The lowest BCUT2D eigenvalue weighted by Gasteiger charge is -2.49. The zero-order valence-electron chi connectivity index (χ0n) is 14.2. The number of esters is 1. The third kappa shape index (κ3) is 4.21. The van der Waals surface area contributed by atoms with Crippen molar-refractivity contribution in [3.63, 3.8) is 0 Å². The van der Waals surface area contributed by atoms with Crippen LogP contribution < -0.4 is 0 Å². The van der Waals surface area contributed by atoms with Gasteiger partial charge in [0.25, 0.3) is 0 Å². The summed E-state index contributed by atoms with van der Waals surface area (Å²) in [5.74, 6) is 0.649. The summed E-state index contributed by atoms with van der Waals surface area (Å²) in [5, 5.41) is 10.8. The predicted molar refractivity (Wildman–Crippen MR) is 81.3 cm³/mol. The highest BCUT2D eigenvalue weighted by atomic mass is 16.5. The Kier molecular flexibility index (Phi) is 5.29. The van der Waals surface area contributed by atoms with Gasteiger partial charge in [-0.05, 0) is 41.4 Å². The number of rotatable bonds is 2. The molecule has 0 bridgehead atoms. The van der Waals surface area contributed by atoms with Crippen molar-refractivity contribution < 1.29 is 14.6 Å². The van der Waals surface area contributed by atoms with E-state index in [1.54, 1.807) is 0 Å². The molecular formula is C17H32O3. The van der Waals surface area contributed by atoms with Crippen molar-refractivity contribution in [3.8, 4) is 0 Å². The standard InChI is InChI=1S/C17H32O3/c1-16(2,3)12-8-11(10-14(18)20-7)9-13(15(12)19)17(4,5)6/h11-13,15,19H,8-10H2,1-7H3. The molecule has 0 heterocycles. The van der Waals surface area contributed by atoms with Gasteiger partial charge in [-0.25, -0.2) is 0 Å². The molecule has 1 saturated carbocycles. The fraction of sp³-hybridized carbons (Fsp3) is 0.941. The molecule has 118 valence electrons. The van der Waals surface area contributed by atoms with Gasteiger partial charge in [-0.15, -0.1) is 0 Å². The van der Waals surface area contributed by atoms with Gasteiger partial charge in [-0.2, -0.15) is 0 Å². The van der Waals surface area contributed by atoms with Crippen molar-refractivity contribution in [1.29, 1.82) is 0 Å². The molecule has 2 unspecified atom stereocenters. The summed E-state index contributed by atoms with van der Waals surface area (Å²) in [6.07, 6.45) is 2.00. The van der Waals surface area contributed by atoms with Crippen LogP contribution in [0.2, 0.25) is 0 Å². The van der Waals surface area contributed by atoms with E-state index in [0.29, 0.717) is 12.3 Å². The molecule has 0 aliphatic heterocycles. The average Bonchev–Trinajstić information content (AvgIpc) is 2.28. The molecule has 0 aromatic carbocycles. The Labute approximate surface area is 124 Å². The maximum atomic E-state index is 11.6. The van der Waals surface area contributed by atoms with E-state index in [4.69, 9.17) is 4.74 Å². The van der Waals surface area contributed by atoms with Crippen LogP contribution in [0.25, 0.3) is 0 Å². The van der Waals surface area contributed by atoms with Crippen LogP contribution in [0, 0.1) is 28.6 Å². The normalized spacial score (nSPS) is 32.0. The SMILES string of the molecule is COC(=O)CC1CC(C(C)(C)C)C(O)C(C(C)(C)C)C1. The van der Waals surface area contributed by atoms with Crippen molar-refractivity contribution in [3.05, 3.63) is 0 Å². The van der Waals surface area contributed by atoms with Crippen LogP contribution in [-0.2, 0) is 9.53 Å². The van der Waals surface area contributed by atoms with Gasteiger partial charge in [0.15, 0.2) is 0 Å². The maximum absolute atomic E-state index is 11.6. The summed E-state index contributed by atoms with van der Waals surface area (Å²) in [6.45, 7) is 13.1. The zero-order chi connectivity index (χ0) is 15.7. The van der Waals surface area contributed by atoms with Crippen LogP contribution in [0.1, 0.15) is 60.8 Å². The molecule has 3 nitrogen and oxygen atoms in total. The number of carbonyl (C=O) groups excluding carboxylic acids is 1. The monoisotopic (exact) mass is 284 g/mol. The highest BCUT2D eigenvalue weighted by Crippen LogP contribution is 2.49. The smallest absolute Gasteiger partial charge is 0.305 e. The number of hydrogen-bond donors (Lipinski definition) is 1. The summed E-state index contributed by atoms with van der Waals surface area (Å²) >= 11 is 0. The first-order valence-electron chi connectivity index (χ1n) is 7.71. The van der Waals surface area contributed by atoms with Gasteiger partial charge in [0.05, 0.1) is 13.2 Å². The second kappa shape index (κ2) is 6.05. The molecule has 0 saturated heterocycles. The molecule has 1 aliphatic rings. The van der Waals surface area contributed by atoms with E-state index in [0.717, 1.165) is 12.8 Å². The van der Waals surface area contributed by atoms with E-state index in [1.165, 1.54) is 7.11 Å². The van der Waals surface area contributed by atoms with E-state index >= 15 is 0 Å². The number of aliphatic hydroxyl groups is 1. The van der Waals surface area contributed by atoms with Gasteiger partial charge in [0.1, 0.15) is 0 Å². The van der Waals surface area contributed by atoms with Crippen molar-refractivity contribution in [2.24, 2.45) is 28.6 Å². The summed E-state index contributed by atoms with van der Waals surface area (Å²) in [5.41, 5.74) is 0.107. The van der Waals surface area contributed by atoms with Gasteiger partial charge in [-0.3, -0.25) is 4.79 Å². The molecule has 0 aromatic rings. The average molecular weight is 284 g/mol. The largest absolute Gasteiger partial charge is 0.469 e. The number of methoxy groups -OCH3 is 1. The Morgan fingerprint density at radius 1 is 1.05 bits per heavy atom. The lowest BCUT2D eigenvalue weighted by molar-refractivity contribution is -0.144. The molecule has 0 aromatic heterocycles. The van der Waals surface area contributed by atoms with Crippen molar-refractivity contribution in [2.45, 2.75) is 66.9 Å². The zero-order valence-corrected chi connectivity index (χ0v) is 14.2. The van der Waals surface area contributed by atoms with Crippen LogP contribution >= 0.6 is 0 Å². The van der Waals surface area contributed by atoms with Crippen LogP contribution in [0.3, 0.4) is 0 Å². The minimum absolute atomic E-state index is 0.0533. The first-order valence-corrected chi connectivity index (χ1v) is 7.71. The first kappa shape index (κ1) is 17.5. The molecule has 3 heteroatoms. The molecule has 2 atom stereocenters. The summed E-state index contributed by atoms with van der Waals surface area (Å²) in [7, 11) is 1.45. The molecule has 1 rings (SSSR count). The lowest BCUT2D eigenvalue weighted by atomic mass is 9.58. The number of carbonyl (C=O) groups is 1. The van der Waals surface area contributed by atoms with Crippen LogP contribution in [-0.4, -0.2) is 24.3 Å². The number of ether oxygens (including phenoxy) is 1. The van der Waals surface area contributed by atoms with Gasteiger partial charge in [0.2, 0.25) is 0 Å². The number of hydrogen-bond acceptors (Lipinski definition) is 3. The summed E-state index contributed by atoms with van der Waals surface area (Å²) in [4.78, 5) is 11.6. The first-order chi connectivity index (χ1) is 8.96. The van der Waals surface area contributed by atoms with E-state index in [1.807, 2.05) is 0 Å². The fourth-order valence-electron chi connectivity index (χ4n) is 3.59.